The van der Waals surface area contributed by atoms with E-state index in [0.29, 0.717) is 5.92 Å². The van der Waals surface area contributed by atoms with Crippen molar-refractivity contribution in [2.75, 3.05) is 20.1 Å². The topological polar surface area (TPSA) is 16.1 Å². The highest BCUT2D eigenvalue weighted by molar-refractivity contribution is 5.18. The van der Waals surface area contributed by atoms with Crippen LogP contribution in [0.25, 0.3) is 0 Å². The average Bonchev–Trinajstić information content (AvgIpc) is 2.20. The maximum atomic E-state index is 4.42. The summed E-state index contributed by atoms with van der Waals surface area (Å²) in [6, 6.07) is 6.01. The minimum atomic E-state index is 0.636. The largest absolute Gasteiger partial charge is 0.306 e. The summed E-state index contributed by atoms with van der Waals surface area (Å²) in [4.78, 5) is 6.80. The fraction of sp³-hybridized carbons (Fsp3) is 0.583. The van der Waals surface area contributed by atoms with E-state index < -0.39 is 0 Å². The summed E-state index contributed by atoms with van der Waals surface area (Å²) in [5, 5.41) is 0. The highest BCUT2D eigenvalue weighted by atomic mass is 15.1. The Balaban J connectivity index is 2.12. The maximum absolute atomic E-state index is 4.42. The lowest BCUT2D eigenvalue weighted by atomic mass is 9.91. The average molecular weight is 188 g/mol. The Labute approximate surface area is 86.0 Å². The van der Waals surface area contributed by atoms with Gasteiger partial charge in [0.15, 0.2) is 0 Å². The van der Waals surface area contributed by atoms with Crippen LogP contribution in [-0.2, 0) is 0 Å². The van der Waals surface area contributed by atoms with E-state index in [4.69, 9.17) is 0 Å². The maximum Gasteiger partial charge on any atom is 0.0773 e. The Morgan fingerprint density at radius 2 is 2.14 bits per heavy atom. The molecule has 0 amide bonds. The fourth-order valence-electron chi connectivity index (χ4n) is 2.10. The second kappa shape index (κ2) is 3.98. The van der Waals surface area contributed by atoms with Crippen LogP contribution in [0, 0.1) is 19.1 Å². The van der Waals surface area contributed by atoms with E-state index >= 15 is 0 Å². The second-order valence-electron chi connectivity index (χ2n) is 4.12. The smallest absolute Gasteiger partial charge is 0.0773 e. The van der Waals surface area contributed by atoms with E-state index in [1.807, 2.05) is 0 Å². The minimum absolute atomic E-state index is 0.636. The van der Waals surface area contributed by atoms with E-state index in [2.05, 4.69) is 36.0 Å². The molecule has 2 nitrogen and oxygen atoms in total. The molecule has 0 unspecified atom stereocenters. The molecular weight excluding hydrogens is 172 g/mol. The molecule has 74 valence electrons. The van der Waals surface area contributed by atoms with E-state index in [9.17, 15) is 0 Å². The summed E-state index contributed by atoms with van der Waals surface area (Å²) in [6.45, 7) is 4.45. The van der Waals surface area contributed by atoms with Crippen LogP contribution >= 0.6 is 0 Å². The molecule has 2 heterocycles. The van der Waals surface area contributed by atoms with Gasteiger partial charge >= 0.3 is 0 Å². The van der Waals surface area contributed by atoms with Crippen LogP contribution in [0.1, 0.15) is 30.0 Å². The molecule has 0 radical (unpaired) electrons. The molecule has 14 heavy (non-hydrogen) atoms. The van der Waals surface area contributed by atoms with Gasteiger partial charge in [-0.1, -0.05) is 6.07 Å². The Morgan fingerprint density at radius 1 is 1.43 bits per heavy atom. The van der Waals surface area contributed by atoms with Crippen molar-refractivity contribution in [2.45, 2.75) is 25.7 Å². The number of nitrogens with zero attached hydrogens (tertiary/aromatic N) is 2. The standard InChI is InChI=1S/C12H16N2/c1-10-4-3-7-13-12(10)11-5-8-14(2)9-6-11/h7,11H,5-6,8-9H2,1-2H3. The van der Waals surface area contributed by atoms with Gasteiger partial charge < -0.3 is 4.90 Å². The van der Waals surface area contributed by atoms with Crippen LogP contribution in [0.2, 0.25) is 0 Å². The van der Waals surface area contributed by atoms with E-state index in [1.165, 1.54) is 37.2 Å². The third-order valence-corrected chi connectivity index (χ3v) is 3.02. The van der Waals surface area contributed by atoms with Crippen molar-refractivity contribution < 1.29 is 0 Å². The molecular formula is C12H16N2. The van der Waals surface area contributed by atoms with Gasteiger partial charge in [-0.25, -0.2) is 0 Å². The molecule has 1 aromatic rings. The van der Waals surface area contributed by atoms with Gasteiger partial charge in [-0.2, -0.15) is 0 Å². The first-order chi connectivity index (χ1) is 6.77. The van der Waals surface area contributed by atoms with E-state index in [-0.39, 0.29) is 0 Å². The first-order valence-corrected chi connectivity index (χ1v) is 5.21. The molecule has 0 aliphatic carbocycles. The molecule has 2 heteroatoms. The molecule has 0 saturated carbocycles. The molecule has 0 bridgehead atoms. The zero-order chi connectivity index (χ0) is 9.97. The van der Waals surface area contributed by atoms with Gasteiger partial charge in [-0.15, -0.1) is 0 Å². The molecule has 0 spiro atoms. The monoisotopic (exact) mass is 188 g/mol. The predicted molar refractivity (Wildman–Crippen MR) is 56.1 cm³/mol. The quantitative estimate of drug-likeness (QED) is 0.668. The lowest BCUT2D eigenvalue weighted by molar-refractivity contribution is 0.253. The van der Waals surface area contributed by atoms with Gasteiger partial charge in [0, 0.05) is 11.5 Å². The van der Waals surface area contributed by atoms with Gasteiger partial charge in [-0.05, 0) is 46.0 Å². The lowest BCUT2D eigenvalue weighted by Crippen LogP contribution is -2.29. The number of likely N-dealkylation sites (tertiary alicyclic amines) is 1. The van der Waals surface area contributed by atoms with Crippen LogP contribution in [0.3, 0.4) is 0 Å². The second-order valence-corrected chi connectivity index (χ2v) is 4.12. The van der Waals surface area contributed by atoms with Crippen molar-refractivity contribution in [1.82, 2.24) is 9.88 Å². The summed E-state index contributed by atoms with van der Waals surface area (Å²) in [6.07, 6.45) is 4.19. The number of rotatable bonds is 1. The van der Waals surface area contributed by atoms with Crippen molar-refractivity contribution in [1.29, 1.82) is 0 Å². The van der Waals surface area contributed by atoms with Gasteiger partial charge in [0.1, 0.15) is 0 Å². The molecule has 1 aliphatic heterocycles. The Hall–Kier alpha value is -1.07. The zero-order valence-corrected chi connectivity index (χ0v) is 8.88. The van der Waals surface area contributed by atoms with Crippen molar-refractivity contribution >= 4 is 0 Å². The van der Waals surface area contributed by atoms with Crippen LogP contribution in [0.5, 0.6) is 0 Å². The van der Waals surface area contributed by atoms with Crippen LogP contribution in [-0.4, -0.2) is 30.0 Å². The van der Waals surface area contributed by atoms with Crippen LogP contribution < -0.4 is 0 Å². The fourth-order valence-corrected chi connectivity index (χ4v) is 2.10. The number of piperidine rings is 1. The first-order valence-electron chi connectivity index (χ1n) is 5.21. The molecule has 0 atom stereocenters. The summed E-state index contributed by atoms with van der Waals surface area (Å²) in [5.41, 5.74) is 2.40. The predicted octanol–water partition coefficient (Wildman–Crippen LogP) is 1.80. The number of hydrogen-bond acceptors (Lipinski definition) is 2. The summed E-state index contributed by atoms with van der Waals surface area (Å²) >= 11 is 0. The molecule has 0 aromatic carbocycles. The Kier molecular flexibility index (Phi) is 2.69. The van der Waals surface area contributed by atoms with Crippen LogP contribution in [0.15, 0.2) is 6.20 Å². The van der Waals surface area contributed by atoms with E-state index in [0.717, 1.165) is 0 Å². The molecule has 1 saturated heterocycles. The normalized spacial score (nSPS) is 19.3. The van der Waals surface area contributed by atoms with Gasteiger partial charge in [0.05, 0.1) is 11.9 Å². The van der Waals surface area contributed by atoms with Gasteiger partial charge in [0.2, 0.25) is 0 Å². The van der Waals surface area contributed by atoms with Gasteiger partial charge in [0.25, 0.3) is 0 Å². The van der Waals surface area contributed by atoms with Crippen molar-refractivity contribution in [3.05, 3.63) is 29.6 Å². The molecule has 2 rings (SSSR count). The van der Waals surface area contributed by atoms with Crippen molar-refractivity contribution in [3.8, 4) is 0 Å². The summed E-state index contributed by atoms with van der Waals surface area (Å²) < 4.78 is 0. The minimum Gasteiger partial charge on any atom is -0.306 e. The SMILES string of the molecule is Cc1c#ccnc1C1CCN(C)CC1. The van der Waals surface area contributed by atoms with Gasteiger partial charge in [-0.3, -0.25) is 4.98 Å². The molecule has 1 aliphatic rings. The highest BCUT2D eigenvalue weighted by Crippen LogP contribution is 2.26. The third-order valence-electron chi connectivity index (χ3n) is 3.02. The first kappa shape index (κ1) is 9.48. The number of aromatic nitrogens is 1. The Bertz CT molecular complexity index is 301. The molecule has 1 fully saturated rings. The summed E-state index contributed by atoms with van der Waals surface area (Å²) in [5.74, 6) is 0.636. The highest BCUT2D eigenvalue weighted by Gasteiger charge is 2.20. The zero-order valence-electron chi connectivity index (χ0n) is 8.88. The molecule has 0 N–H and O–H groups in total. The van der Waals surface area contributed by atoms with E-state index in [1.54, 1.807) is 6.20 Å². The Morgan fingerprint density at radius 3 is 2.79 bits per heavy atom. The molecule has 1 aromatic heterocycles. The number of hydrogen-bond donors (Lipinski definition) is 0. The lowest BCUT2D eigenvalue weighted by Gasteiger charge is -2.28. The summed E-state index contributed by atoms with van der Waals surface area (Å²) in [7, 11) is 2.18. The third kappa shape index (κ3) is 1.88. The van der Waals surface area contributed by atoms with Crippen molar-refractivity contribution in [2.24, 2.45) is 0 Å². The van der Waals surface area contributed by atoms with Crippen molar-refractivity contribution in [3.63, 3.8) is 0 Å². The van der Waals surface area contributed by atoms with Crippen LogP contribution in [0.4, 0.5) is 0 Å².